The van der Waals surface area contributed by atoms with Gasteiger partial charge in [0.05, 0.1) is 11.5 Å². The van der Waals surface area contributed by atoms with E-state index in [0.717, 1.165) is 25.7 Å². The van der Waals surface area contributed by atoms with Crippen LogP contribution in [-0.2, 0) is 5.54 Å². The Balaban J connectivity index is 0.00000161. The molecular weight excluding hydrogens is 307 g/mol. The molecule has 1 aromatic heterocycles. The van der Waals surface area contributed by atoms with Gasteiger partial charge in [-0.1, -0.05) is 18.0 Å². The highest BCUT2D eigenvalue weighted by molar-refractivity contribution is 5.85. The van der Waals surface area contributed by atoms with Crippen molar-refractivity contribution in [3.05, 3.63) is 11.7 Å². The second kappa shape index (κ2) is 5.76. The highest BCUT2D eigenvalue weighted by Crippen LogP contribution is 2.46. The van der Waals surface area contributed by atoms with Crippen LogP contribution in [0.25, 0.3) is 0 Å². The number of hydrogen-bond donors (Lipinski definition) is 1. The van der Waals surface area contributed by atoms with E-state index in [1.807, 2.05) is 0 Å². The van der Waals surface area contributed by atoms with E-state index in [1.165, 1.54) is 0 Å². The molecule has 3 rings (SSSR count). The zero-order valence-corrected chi connectivity index (χ0v) is 12.3. The molecule has 0 saturated heterocycles. The molecule has 0 bridgehead atoms. The fraction of sp³-hybridized carbons (Fsp3) is 0.846. The van der Waals surface area contributed by atoms with Gasteiger partial charge in [-0.05, 0) is 32.1 Å². The zero-order valence-electron chi connectivity index (χ0n) is 11.5. The Bertz CT molecular complexity index is 487. The molecule has 2 unspecified atom stereocenters. The lowest BCUT2D eigenvalue weighted by atomic mass is 9.77. The predicted molar refractivity (Wildman–Crippen MR) is 72.0 cm³/mol. The van der Waals surface area contributed by atoms with Gasteiger partial charge in [0.2, 0.25) is 5.89 Å². The average molecular weight is 326 g/mol. The molecule has 2 fully saturated rings. The quantitative estimate of drug-likeness (QED) is 0.901. The van der Waals surface area contributed by atoms with Crippen LogP contribution in [-0.4, -0.2) is 16.3 Å². The number of halogens is 4. The van der Waals surface area contributed by atoms with Crippen LogP contribution in [0.5, 0.6) is 0 Å². The molecule has 8 heteroatoms. The standard InChI is InChI=1S/C13H18F3N3O.ClH/c14-13(15,16)9-5-2-1-4-8(9)10-18-11(19-20-10)12(17)6-3-7-12;/h8-9H,1-7,17H2;1H. The maximum atomic E-state index is 13.1. The summed E-state index contributed by atoms with van der Waals surface area (Å²) in [4.78, 5) is 4.19. The molecule has 2 saturated carbocycles. The summed E-state index contributed by atoms with van der Waals surface area (Å²) in [6.45, 7) is 0. The van der Waals surface area contributed by atoms with Gasteiger partial charge in [0.25, 0.3) is 0 Å². The Morgan fingerprint density at radius 3 is 2.38 bits per heavy atom. The second-order valence-corrected chi connectivity index (χ2v) is 6.00. The molecule has 2 N–H and O–H groups in total. The summed E-state index contributed by atoms with van der Waals surface area (Å²) in [7, 11) is 0. The van der Waals surface area contributed by atoms with Crippen LogP contribution in [0.15, 0.2) is 4.52 Å². The van der Waals surface area contributed by atoms with Crippen molar-refractivity contribution >= 4 is 12.4 Å². The summed E-state index contributed by atoms with van der Waals surface area (Å²) in [6.07, 6.45) is 0.262. The molecule has 4 nitrogen and oxygen atoms in total. The molecule has 2 atom stereocenters. The van der Waals surface area contributed by atoms with Crippen molar-refractivity contribution in [3.8, 4) is 0 Å². The minimum atomic E-state index is -4.21. The summed E-state index contributed by atoms with van der Waals surface area (Å²) in [5.41, 5.74) is 5.49. The van der Waals surface area contributed by atoms with Crippen LogP contribution >= 0.6 is 12.4 Å². The molecule has 2 aliphatic carbocycles. The first-order chi connectivity index (χ1) is 9.40. The lowest BCUT2D eigenvalue weighted by Crippen LogP contribution is -2.44. The van der Waals surface area contributed by atoms with Crippen molar-refractivity contribution in [1.29, 1.82) is 0 Å². The average Bonchev–Trinajstić information content (AvgIpc) is 2.84. The van der Waals surface area contributed by atoms with E-state index in [9.17, 15) is 13.2 Å². The number of alkyl halides is 3. The number of hydrogen-bond acceptors (Lipinski definition) is 4. The number of rotatable bonds is 2. The van der Waals surface area contributed by atoms with Gasteiger partial charge in [0.15, 0.2) is 5.82 Å². The molecule has 0 amide bonds. The maximum absolute atomic E-state index is 13.1. The lowest BCUT2D eigenvalue weighted by Gasteiger charge is -2.34. The molecule has 1 heterocycles. The molecular formula is C13H19ClF3N3O. The monoisotopic (exact) mass is 325 g/mol. The minimum absolute atomic E-state index is 0. The molecule has 1 aromatic rings. The third-order valence-electron chi connectivity index (χ3n) is 4.64. The first-order valence-corrected chi connectivity index (χ1v) is 7.10. The van der Waals surface area contributed by atoms with Gasteiger partial charge in [0.1, 0.15) is 0 Å². The second-order valence-electron chi connectivity index (χ2n) is 6.00. The van der Waals surface area contributed by atoms with Crippen LogP contribution < -0.4 is 5.73 Å². The van der Waals surface area contributed by atoms with E-state index >= 15 is 0 Å². The van der Waals surface area contributed by atoms with Crippen LogP contribution in [0.2, 0.25) is 0 Å². The first kappa shape index (κ1) is 16.5. The van der Waals surface area contributed by atoms with Crippen LogP contribution in [0.1, 0.15) is 62.6 Å². The summed E-state index contributed by atoms with van der Waals surface area (Å²) < 4.78 is 44.4. The van der Waals surface area contributed by atoms with Gasteiger partial charge in [-0.15, -0.1) is 12.4 Å². The van der Waals surface area contributed by atoms with E-state index in [2.05, 4.69) is 10.1 Å². The number of nitrogens with zero attached hydrogens (tertiary/aromatic N) is 2. The summed E-state index contributed by atoms with van der Waals surface area (Å²) in [6, 6.07) is 0. The van der Waals surface area contributed by atoms with Gasteiger partial charge >= 0.3 is 6.18 Å². The van der Waals surface area contributed by atoms with E-state index in [0.29, 0.717) is 18.7 Å². The van der Waals surface area contributed by atoms with E-state index in [4.69, 9.17) is 10.3 Å². The first-order valence-electron chi connectivity index (χ1n) is 7.10. The molecule has 0 aromatic carbocycles. The van der Waals surface area contributed by atoms with Crippen molar-refractivity contribution in [3.63, 3.8) is 0 Å². The number of nitrogens with two attached hydrogens (primary N) is 1. The Labute approximate surface area is 127 Å². The van der Waals surface area contributed by atoms with Crippen molar-refractivity contribution in [1.82, 2.24) is 10.1 Å². The summed E-state index contributed by atoms with van der Waals surface area (Å²) in [5.74, 6) is -1.61. The molecule has 2 aliphatic rings. The Morgan fingerprint density at radius 2 is 1.81 bits per heavy atom. The molecule has 21 heavy (non-hydrogen) atoms. The fourth-order valence-corrected chi connectivity index (χ4v) is 3.19. The highest BCUT2D eigenvalue weighted by atomic mass is 35.5. The van der Waals surface area contributed by atoms with E-state index in [1.54, 1.807) is 0 Å². The fourth-order valence-electron chi connectivity index (χ4n) is 3.19. The Kier molecular flexibility index (Phi) is 4.54. The highest BCUT2D eigenvalue weighted by Gasteiger charge is 2.48. The Morgan fingerprint density at radius 1 is 1.14 bits per heavy atom. The van der Waals surface area contributed by atoms with Crippen molar-refractivity contribution in [2.75, 3.05) is 0 Å². The van der Waals surface area contributed by atoms with E-state index in [-0.39, 0.29) is 24.7 Å². The topological polar surface area (TPSA) is 64.9 Å². The van der Waals surface area contributed by atoms with E-state index < -0.39 is 23.6 Å². The predicted octanol–water partition coefficient (Wildman–Crippen LogP) is 3.67. The third kappa shape index (κ3) is 3.04. The molecule has 0 spiro atoms. The number of aromatic nitrogens is 2. The zero-order chi connectivity index (χ0) is 14.4. The third-order valence-corrected chi connectivity index (χ3v) is 4.64. The van der Waals surface area contributed by atoms with Crippen LogP contribution in [0.4, 0.5) is 13.2 Å². The van der Waals surface area contributed by atoms with Crippen LogP contribution in [0, 0.1) is 5.92 Å². The van der Waals surface area contributed by atoms with Gasteiger partial charge in [-0.25, -0.2) is 0 Å². The molecule has 120 valence electrons. The largest absolute Gasteiger partial charge is 0.392 e. The maximum Gasteiger partial charge on any atom is 0.392 e. The smallest absolute Gasteiger partial charge is 0.339 e. The SMILES string of the molecule is Cl.NC1(c2noc(C3CCCCC3C(F)(F)F)n2)CCC1. The van der Waals surface area contributed by atoms with Gasteiger partial charge in [-0.2, -0.15) is 18.2 Å². The van der Waals surface area contributed by atoms with Crippen molar-refractivity contribution in [2.45, 2.75) is 62.6 Å². The van der Waals surface area contributed by atoms with Gasteiger partial charge < -0.3 is 10.3 Å². The molecule has 0 radical (unpaired) electrons. The van der Waals surface area contributed by atoms with Crippen molar-refractivity contribution < 1.29 is 17.7 Å². The normalized spacial score (nSPS) is 28.6. The van der Waals surface area contributed by atoms with Gasteiger partial charge in [-0.3, -0.25) is 0 Å². The lowest BCUT2D eigenvalue weighted by molar-refractivity contribution is -0.189. The minimum Gasteiger partial charge on any atom is -0.339 e. The van der Waals surface area contributed by atoms with Gasteiger partial charge in [0, 0.05) is 5.92 Å². The van der Waals surface area contributed by atoms with Crippen LogP contribution in [0.3, 0.4) is 0 Å². The summed E-state index contributed by atoms with van der Waals surface area (Å²) in [5, 5.41) is 3.82. The van der Waals surface area contributed by atoms with Crippen molar-refractivity contribution in [2.24, 2.45) is 11.7 Å². The Hall–Kier alpha value is -0.820. The molecule has 0 aliphatic heterocycles. The summed E-state index contributed by atoms with van der Waals surface area (Å²) >= 11 is 0.